The van der Waals surface area contributed by atoms with Crippen molar-refractivity contribution >= 4 is 57.2 Å². The van der Waals surface area contributed by atoms with Gasteiger partial charge in [-0.05, 0) is 162 Å². The van der Waals surface area contributed by atoms with Gasteiger partial charge in [0, 0.05) is 34.0 Å². The Bertz CT molecular complexity index is 2950. The Kier molecular flexibility index (Phi) is 9.40. The molecule has 316 valence electrons. The van der Waals surface area contributed by atoms with Crippen molar-refractivity contribution in [2.24, 2.45) is 5.41 Å². The van der Waals surface area contributed by atoms with Crippen molar-refractivity contribution in [1.82, 2.24) is 0 Å². The van der Waals surface area contributed by atoms with Crippen LogP contribution in [-0.4, -0.2) is 6.71 Å². The first-order valence-electron chi connectivity index (χ1n) is 23.2. The van der Waals surface area contributed by atoms with E-state index in [2.05, 4.69) is 232 Å². The molecule has 0 aromatic heterocycles. The first-order chi connectivity index (χ1) is 29.7. The van der Waals surface area contributed by atoms with Crippen molar-refractivity contribution in [1.29, 1.82) is 0 Å². The number of nitrogens with zero attached hydrogens (tertiary/aromatic N) is 2. The van der Waals surface area contributed by atoms with E-state index >= 15 is 0 Å². The molecule has 2 aliphatic heterocycles. The molecule has 0 amide bonds. The van der Waals surface area contributed by atoms with E-state index in [4.69, 9.17) is 0 Å². The zero-order valence-corrected chi connectivity index (χ0v) is 39.7. The Balaban J connectivity index is 1.30. The third-order valence-electron chi connectivity index (χ3n) is 14.1. The Labute approximate surface area is 378 Å². The van der Waals surface area contributed by atoms with E-state index < -0.39 is 0 Å². The van der Waals surface area contributed by atoms with Gasteiger partial charge >= 0.3 is 0 Å². The number of fused-ring (bicyclic) bond motifs is 5. The lowest BCUT2D eigenvalue weighted by Crippen LogP contribution is -2.61. The smallest absolute Gasteiger partial charge is 0.252 e. The standard InChI is InChI=1S/C60H63BN2/c1-38-28-54-56-55(29-38)63(51-27-25-45(58(5,6)7)34-48(51)41-21-16-20-40(30-41)39-18-14-13-15-19-39)52-32-43-37-60(11,12)36-42(43)31-50(52)61(56)49-26-24-46(59(8,9)10)35-53(49)62(54)47-23-17-22-44(33-47)57(2,3)4/h13-35H,36-37H2,1-12H3. The van der Waals surface area contributed by atoms with E-state index in [9.17, 15) is 0 Å². The van der Waals surface area contributed by atoms with Gasteiger partial charge in [-0.1, -0.05) is 161 Å². The summed E-state index contributed by atoms with van der Waals surface area (Å²) in [6.45, 7) is 28.2. The van der Waals surface area contributed by atoms with E-state index in [1.165, 1.54) is 106 Å². The minimum absolute atomic E-state index is 0.00684. The number of benzene rings is 7. The Hall–Kier alpha value is -5.80. The van der Waals surface area contributed by atoms with Crippen molar-refractivity contribution in [3.63, 3.8) is 0 Å². The highest BCUT2D eigenvalue weighted by atomic mass is 15.2. The average molecular weight is 823 g/mol. The molecule has 0 spiro atoms. The van der Waals surface area contributed by atoms with Crippen LogP contribution < -0.4 is 26.2 Å². The Morgan fingerprint density at radius 1 is 0.444 bits per heavy atom. The molecule has 2 heterocycles. The largest absolute Gasteiger partial charge is 0.311 e. The minimum Gasteiger partial charge on any atom is -0.311 e. The van der Waals surface area contributed by atoms with Crippen LogP contribution in [0.25, 0.3) is 22.3 Å². The summed E-state index contributed by atoms with van der Waals surface area (Å²) < 4.78 is 0. The first kappa shape index (κ1) is 41.2. The van der Waals surface area contributed by atoms with Crippen LogP contribution in [0, 0.1) is 12.3 Å². The van der Waals surface area contributed by atoms with Gasteiger partial charge in [-0.2, -0.15) is 0 Å². The molecule has 0 unspecified atom stereocenters. The molecule has 7 aromatic carbocycles. The summed E-state index contributed by atoms with van der Waals surface area (Å²) in [5.74, 6) is 0. The van der Waals surface area contributed by atoms with Gasteiger partial charge in [0.2, 0.25) is 0 Å². The topological polar surface area (TPSA) is 6.48 Å². The Morgan fingerprint density at radius 3 is 1.71 bits per heavy atom. The summed E-state index contributed by atoms with van der Waals surface area (Å²) in [5.41, 5.74) is 25.1. The molecule has 0 N–H and O–H groups in total. The van der Waals surface area contributed by atoms with Crippen molar-refractivity contribution in [3.8, 4) is 22.3 Å². The van der Waals surface area contributed by atoms with Gasteiger partial charge in [-0.15, -0.1) is 0 Å². The molecule has 0 bridgehead atoms. The SMILES string of the molecule is Cc1cc2c3c(c1)N(c1ccc(C(C)(C)C)cc1-c1cccc(-c4ccccc4)c1)c1cc4c(cc1B3c1ccc(C(C)(C)C)cc1N2c1cccc(C(C)(C)C)c1)CC(C)(C)C4. The molecule has 0 fully saturated rings. The zero-order valence-electron chi connectivity index (χ0n) is 39.7. The van der Waals surface area contributed by atoms with Crippen LogP contribution in [0.3, 0.4) is 0 Å². The van der Waals surface area contributed by atoms with Gasteiger partial charge < -0.3 is 9.80 Å². The van der Waals surface area contributed by atoms with Gasteiger partial charge in [0.25, 0.3) is 6.71 Å². The molecular weight excluding hydrogens is 759 g/mol. The lowest BCUT2D eigenvalue weighted by Gasteiger charge is -2.45. The molecule has 0 atom stereocenters. The Morgan fingerprint density at radius 2 is 1.02 bits per heavy atom. The lowest BCUT2D eigenvalue weighted by atomic mass is 9.33. The second kappa shape index (κ2) is 14.4. The predicted molar refractivity (Wildman–Crippen MR) is 273 cm³/mol. The second-order valence-electron chi connectivity index (χ2n) is 22.8. The normalized spacial score (nSPS) is 15.2. The lowest BCUT2D eigenvalue weighted by molar-refractivity contribution is 0.392. The number of aryl methyl sites for hydroxylation is 1. The zero-order chi connectivity index (χ0) is 44.4. The molecule has 0 saturated heterocycles. The molecular formula is C60H63BN2. The summed E-state index contributed by atoms with van der Waals surface area (Å²) in [4.78, 5) is 5.27. The molecule has 0 saturated carbocycles. The molecule has 2 nitrogen and oxygen atoms in total. The first-order valence-corrected chi connectivity index (χ1v) is 23.2. The quantitative estimate of drug-likeness (QED) is 0.163. The summed E-state index contributed by atoms with van der Waals surface area (Å²) in [6.07, 6.45) is 2.17. The van der Waals surface area contributed by atoms with Gasteiger partial charge in [0.1, 0.15) is 0 Å². The maximum absolute atomic E-state index is 2.67. The van der Waals surface area contributed by atoms with E-state index in [0.717, 1.165) is 12.8 Å². The van der Waals surface area contributed by atoms with Crippen LogP contribution in [0.15, 0.2) is 140 Å². The van der Waals surface area contributed by atoms with Crippen LogP contribution in [-0.2, 0) is 29.1 Å². The number of rotatable bonds is 4. The van der Waals surface area contributed by atoms with E-state index in [1.54, 1.807) is 0 Å². The van der Waals surface area contributed by atoms with Crippen molar-refractivity contribution in [2.75, 3.05) is 9.80 Å². The van der Waals surface area contributed by atoms with Crippen LogP contribution >= 0.6 is 0 Å². The van der Waals surface area contributed by atoms with Crippen LogP contribution in [0.1, 0.15) is 110 Å². The van der Waals surface area contributed by atoms with Crippen molar-refractivity contribution in [2.45, 2.75) is 112 Å². The predicted octanol–water partition coefficient (Wildman–Crippen LogP) is 14.4. The molecule has 3 aliphatic rings. The highest BCUT2D eigenvalue weighted by Gasteiger charge is 2.45. The van der Waals surface area contributed by atoms with Gasteiger partial charge in [-0.3, -0.25) is 0 Å². The molecule has 10 rings (SSSR count). The monoisotopic (exact) mass is 823 g/mol. The average Bonchev–Trinajstić information content (AvgIpc) is 3.54. The molecule has 3 heteroatoms. The summed E-state index contributed by atoms with van der Waals surface area (Å²) >= 11 is 0. The number of anilines is 6. The van der Waals surface area contributed by atoms with Crippen molar-refractivity contribution in [3.05, 3.63) is 173 Å². The fourth-order valence-electron chi connectivity index (χ4n) is 10.7. The molecule has 1 aliphatic carbocycles. The van der Waals surface area contributed by atoms with E-state index in [-0.39, 0.29) is 28.4 Å². The second-order valence-corrected chi connectivity index (χ2v) is 22.8. The van der Waals surface area contributed by atoms with E-state index in [1.807, 2.05) is 0 Å². The maximum Gasteiger partial charge on any atom is 0.252 e. The molecule has 63 heavy (non-hydrogen) atoms. The third-order valence-corrected chi connectivity index (χ3v) is 14.1. The summed E-state index contributed by atoms with van der Waals surface area (Å²) in [5, 5.41) is 0. The van der Waals surface area contributed by atoms with Crippen molar-refractivity contribution < 1.29 is 0 Å². The van der Waals surface area contributed by atoms with Crippen LogP contribution in [0.5, 0.6) is 0 Å². The van der Waals surface area contributed by atoms with Crippen LogP contribution in [0.2, 0.25) is 0 Å². The number of hydrogen-bond donors (Lipinski definition) is 0. The van der Waals surface area contributed by atoms with E-state index in [0.29, 0.717) is 0 Å². The molecule has 7 aromatic rings. The minimum atomic E-state index is -0.0260. The summed E-state index contributed by atoms with van der Waals surface area (Å²) in [6, 6.07) is 54.2. The fourth-order valence-corrected chi connectivity index (χ4v) is 10.7. The third kappa shape index (κ3) is 7.13. The molecule has 0 radical (unpaired) electrons. The summed E-state index contributed by atoms with van der Waals surface area (Å²) in [7, 11) is 0. The van der Waals surface area contributed by atoms with Gasteiger partial charge in [0.15, 0.2) is 0 Å². The highest BCUT2D eigenvalue weighted by molar-refractivity contribution is 7.00. The fraction of sp³-hybridized carbons (Fsp3) is 0.300. The maximum atomic E-state index is 2.67. The van der Waals surface area contributed by atoms with Crippen LogP contribution in [0.4, 0.5) is 34.1 Å². The highest BCUT2D eigenvalue weighted by Crippen LogP contribution is 2.50. The van der Waals surface area contributed by atoms with Gasteiger partial charge in [0.05, 0.1) is 5.69 Å². The number of hydrogen-bond acceptors (Lipinski definition) is 2. The van der Waals surface area contributed by atoms with Gasteiger partial charge in [-0.25, -0.2) is 0 Å².